The lowest BCUT2D eigenvalue weighted by Gasteiger charge is -2.14. The van der Waals surface area contributed by atoms with E-state index >= 15 is 0 Å². The van der Waals surface area contributed by atoms with Crippen LogP contribution in [0.15, 0.2) is 72.8 Å². The van der Waals surface area contributed by atoms with Crippen molar-refractivity contribution in [3.8, 4) is 5.75 Å². The quantitative estimate of drug-likeness (QED) is 0.356. The number of hydrogen-bond donors (Lipinski definition) is 1. The van der Waals surface area contributed by atoms with E-state index in [2.05, 4.69) is 0 Å². The normalized spacial score (nSPS) is 11.7. The molecule has 1 atom stereocenters. The number of benzene rings is 3. The van der Waals surface area contributed by atoms with Crippen molar-refractivity contribution in [1.29, 1.82) is 0 Å². The Morgan fingerprint density at radius 2 is 1.69 bits per heavy atom. The summed E-state index contributed by atoms with van der Waals surface area (Å²) in [6, 6.07) is 20.0. The van der Waals surface area contributed by atoms with E-state index in [9.17, 15) is 19.5 Å². The number of carbonyl (C=O) groups excluding carboxylic acids is 2. The van der Waals surface area contributed by atoms with Crippen LogP contribution >= 0.6 is 11.6 Å². The molecule has 4 aromatic rings. The predicted molar refractivity (Wildman–Crippen MR) is 131 cm³/mol. The van der Waals surface area contributed by atoms with E-state index in [0.717, 1.165) is 0 Å². The number of fused-ring (bicyclic) bond motifs is 1. The van der Waals surface area contributed by atoms with Crippen LogP contribution in [0.3, 0.4) is 0 Å². The van der Waals surface area contributed by atoms with Gasteiger partial charge in [0.1, 0.15) is 5.75 Å². The third-order valence-electron chi connectivity index (χ3n) is 5.73. The summed E-state index contributed by atoms with van der Waals surface area (Å²) in [6.45, 7) is 1.73. The Kier molecular flexibility index (Phi) is 6.89. The second kappa shape index (κ2) is 10.0. The molecular weight excluding hydrogens is 470 g/mol. The number of ether oxygens (including phenoxy) is 2. The number of methoxy groups -OCH3 is 1. The van der Waals surface area contributed by atoms with Crippen LogP contribution in [0.1, 0.15) is 33.3 Å². The third-order valence-corrected chi connectivity index (χ3v) is 5.99. The Balaban J connectivity index is 1.73. The topological polar surface area (TPSA) is 94.8 Å². The maximum atomic E-state index is 13.4. The lowest BCUT2D eigenvalue weighted by atomic mass is 10.1. The van der Waals surface area contributed by atoms with E-state index in [-0.39, 0.29) is 12.3 Å². The van der Waals surface area contributed by atoms with Crippen LogP contribution in [-0.4, -0.2) is 34.6 Å². The first-order chi connectivity index (χ1) is 16.8. The molecule has 1 N–H and O–H groups in total. The molecule has 0 aliphatic carbocycles. The number of carboxylic acid groups (broad SMARTS) is 1. The number of halogens is 1. The molecule has 0 aliphatic rings. The van der Waals surface area contributed by atoms with Crippen molar-refractivity contribution in [1.82, 2.24) is 4.57 Å². The van der Waals surface area contributed by atoms with Crippen molar-refractivity contribution < 1.29 is 29.0 Å². The lowest BCUT2D eigenvalue weighted by molar-refractivity contribution is -0.164. The first-order valence-electron chi connectivity index (χ1n) is 10.8. The molecule has 0 radical (unpaired) electrons. The molecule has 1 unspecified atom stereocenters. The van der Waals surface area contributed by atoms with E-state index < -0.39 is 18.0 Å². The molecule has 178 valence electrons. The van der Waals surface area contributed by atoms with Gasteiger partial charge in [0.15, 0.2) is 0 Å². The molecule has 3 aromatic carbocycles. The zero-order valence-corrected chi connectivity index (χ0v) is 19.8. The van der Waals surface area contributed by atoms with Gasteiger partial charge in [-0.25, -0.2) is 4.79 Å². The van der Waals surface area contributed by atoms with Crippen LogP contribution in [-0.2, 0) is 20.7 Å². The zero-order valence-electron chi connectivity index (χ0n) is 19.0. The fraction of sp³-hybridized carbons (Fsp3) is 0.148. The number of nitrogens with zero attached hydrogens (tertiary/aromatic N) is 1. The molecule has 8 heteroatoms. The van der Waals surface area contributed by atoms with Crippen LogP contribution < -0.4 is 4.74 Å². The fourth-order valence-corrected chi connectivity index (χ4v) is 4.13. The summed E-state index contributed by atoms with van der Waals surface area (Å²) in [6.07, 6.45) is -1.67. The van der Waals surface area contributed by atoms with Crippen LogP contribution in [0.4, 0.5) is 0 Å². The average Bonchev–Trinajstić information content (AvgIpc) is 3.13. The van der Waals surface area contributed by atoms with Crippen LogP contribution in [0.2, 0.25) is 5.02 Å². The SMILES string of the molecule is COc1ccc2c(c1)c(CC(=O)OC(C(=O)O)c1ccccc1)c(C)n2C(=O)c1ccc(Cl)cc1. The highest BCUT2D eigenvalue weighted by Crippen LogP contribution is 2.31. The Bertz CT molecular complexity index is 1410. The van der Waals surface area contributed by atoms with Crippen LogP contribution in [0.25, 0.3) is 10.9 Å². The average molecular weight is 492 g/mol. The number of carbonyl (C=O) groups is 3. The number of esters is 1. The number of aliphatic carboxylic acids is 1. The standard InChI is InChI=1S/C27H22ClNO6/c1-16-21(15-24(30)35-25(27(32)33)17-6-4-3-5-7-17)22-14-20(34-2)12-13-23(22)29(16)26(31)18-8-10-19(28)11-9-18/h3-14,25H,15H2,1-2H3,(H,32,33). The number of aromatic nitrogens is 1. The maximum Gasteiger partial charge on any atom is 0.349 e. The van der Waals surface area contributed by atoms with Gasteiger partial charge in [-0.15, -0.1) is 0 Å². The summed E-state index contributed by atoms with van der Waals surface area (Å²) in [7, 11) is 1.52. The van der Waals surface area contributed by atoms with Gasteiger partial charge in [-0.2, -0.15) is 0 Å². The van der Waals surface area contributed by atoms with E-state index in [0.29, 0.717) is 44.1 Å². The number of hydrogen-bond acceptors (Lipinski definition) is 5. The summed E-state index contributed by atoms with van der Waals surface area (Å²) in [4.78, 5) is 38.1. The maximum absolute atomic E-state index is 13.4. The first kappa shape index (κ1) is 24.0. The molecule has 1 heterocycles. The Labute approximate surface area is 206 Å². The van der Waals surface area contributed by atoms with Crippen molar-refractivity contribution in [2.75, 3.05) is 7.11 Å². The predicted octanol–water partition coefficient (Wildman–Crippen LogP) is 5.21. The molecule has 35 heavy (non-hydrogen) atoms. The monoisotopic (exact) mass is 491 g/mol. The van der Waals surface area contributed by atoms with Gasteiger partial charge in [0.25, 0.3) is 5.91 Å². The second-order valence-corrected chi connectivity index (χ2v) is 8.33. The van der Waals surface area contributed by atoms with E-state index in [1.165, 1.54) is 11.7 Å². The van der Waals surface area contributed by atoms with E-state index in [1.54, 1.807) is 79.7 Å². The van der Waals surface area contributed by atoms with Crippen molar-refractivity contribution in [2.45, 2.75) is 19.4 Å². The molecule has 0 fully saturated rings. The third kappa shape index (κ3) is 4.90. The number of carboxylic acids is 1. The van der Waals surface area contributed by atoms with E-state index in [1.807, 2.05) is 0 Å². The minimum Gasteiger partial charge on any atom is -0.497 e. The highest BCUT2D eigenvalue weighted by Gasteiger charge is 2.27. The molecule has 0 spiro atoms. The Morgan fingerprint density at radius 1 is 1.00 bits per heavy atom. The minimum atomic E-state index is -1.44. The van der Waals surface area contributed by atoms with Crippen LogP contribution in [0.5, 0.6) is 5.75 Å². The molecular formula is C27H22ClNO6. The number of rotatable bonds is 7. The molecule has 0 aliphatic heterocycles. The molecule has 0 amide bonds. The van der Waals surface area contributed by atoms with Gasteiger partial charge in [-0.3, -0.25) is 14.2 Å². The first-order valence-corrected chi connectivity index (χ1v) is 11.1. The molecule has 0 bridgehead atoms. The molecule has 0 saturated carbocycles. The highest BCUT2D eigenvalue weighted by molar-refractivity contribution is 6.30. The summed E-state index contributed by atoms with van der Waals surface area (Å²) >= 11 is 5.97. The molecule has 0 saturated heterocycles. The minimum absolute atomic E-state index is 0.229. The fourth-order valence-electron chi connectivity index (χ4n) is 4.00. The van der Waals surface area contributed by atoms with Gasteiger partial charge in [0.2, 0.25) is 6.10 Å². The Morgan fingerprint density at radius 3 is 2.31 bits per heavy atom. The Hall–Kier alpha value is -4.10. The van der Waals surface area contributed by atoms with Gasteiger partial charge < -0.3 is 14.6 Å². The summed E-state index contributed by atoms with van der Waals surface area (Å²) < 4.78 is 12.2. The van der Waals surface area contributed by atoms with E-state index in [4.69, 9.17) is 21.1 Å². The summed E-state index contributed by atoms with van der Waals surface area (Å²) in [5, 5.41) is 10.7. The van der Waals surface area contributed by atoms with Crippen molar-refractivity contribution in [3.63, 3.8) is 0 Å². The van der Waals surface area contributed by atoms with Gasteiger partial charge in [-0.1, -0.05) is 41.9 Å². The molecule has 4 rings (SSSR count). The summed E-state index contributed by atoms with van der Waals surface area (Å²) in [5.41, 5.74) is 2.45. The van der Waals surface area contributed by atoms with Gasteiger partial charge in [0.05, 0.1) is 19.0 Å². The molecule has 7 nitrogen and oxygen atoms in total. The van der Waals surface area contributed by atoms with Crippen molar-refractivity contribution >= 4 is 40.3 Å². The van der Waals surface area contributed by atoms with Gasteiger partial charge in [0, 0.05) is 27.2 Å². The van der Waals surface area contributed by atoms with Crippen LogP contribution in [0, 0.1) is 6.92 Å². The second-order valence-electron chi connectivity index (χ2n) is 7.89. The summed E-state index contributed by atoms with van der Waals surface area (Å²) in [5.74, 6) is -1.74. The highest BCUT2D eigenvalue weighted by atomic mass is 35.5. The van der Waals surface area contributed by atoms with Gasteiger partial charge >= 0.3 is 11.9 Å². The largest absolute Gasteiger partial charge is 0.497 e. The van der Waals surface area contributed by atoms with Crippen molar-refractivity contribution in [3.05, 3.63) is 100 Å². The van der Waals surface area contributed by atoms with Crippen molar-refractivity contribution in [2.24, 2.45) is 0 Å². The zero-order chi connectivity index (χ0) is 25.1. The smallest absolute Gasteiger partial charge is 0.349 e. The van der Waals surface area contributed by atoms with Gasteiger partial charge in [-0.05, 0) is 55.0 Å². The molecule has 1 aromatic heterocycles. The lowest BCUT2D eigenvalue weighted by Crippen LogP contribution is -2.21.